The lowest BCUT2D eigenvalue weighted by molar-refractivity contribution is -0.384. The fourth-order valence-electron chi connectivity index (χ4n) is 3.80. The van der Waals surface area contributed by atoms with E-state index in [2.05, 4.69) is 5.32 Å². The van der Waals surface area contributed by atoms with Crippen molar-refractivity contribution in [2.45, 2.75) is 20.3 Å². The molecule has 2 amide bonds. The summed E-state index contributed by atoms with van der Waals surface area (Å²) in [4.78, 5) is 38.5. The molecule has 0 spiro atoms. The fourth-order valence-corrected chi connectivity index (χ4v) is 3.80. The number of carbonyl (C=O) groups is 2. The Morgan fingerprint density at radius 1 is 0.909 bits per heavy atom. The monoisotopic (exact) mass is 441 g/mol. The molecule has 0 fully saturated rings. The van der Waals surface area contributed by atoms with Crippen LogP contribution in [0.15, 0.2) is 78.5 Å². The molecule has 3 aromatic carbocycles. The van der Waals surface area contributed by atoms with Crippen molar-refractivity contribution in [2.75, 3.05) is 11.9 Å². The van der Waals surface area contributed by atoms with Crippen LogP contribution in [0.1, 0.15) is 22.3 Å². The summed E-state index contributed by atoms with van der Waals surface area (Å²) in [5, 5.41) is 14.2. The minimum Gasteiger partial charge on any atom is -0.350 e. The molecule has 7 heteroatoms. The minimum atomic E-state index is -0.499. The summed E-state index contributed by atoms with van der Waals surface area (Å²) < 4.78 is 0. The number of carbonyl (C=O) groups excluding carboxylic acids is 2. The maximum absolute atomic E-state index is 13.4. The van der Waals surface area contributed by atoms with Crippen LogP contribution in [0.4, 0.5) is 11.4 Å². The maximum Gasteiger partial charge on any atom is 0.278 e. The largest absolute Gasteiger partial charge is 0.350 e. The van der Waals surface area contributed by atoms with Gasteiger partial charge in [0, 0.05) is 24.4 Å². The Bertz CT molecular complexity index is 1260. The van der Waals surface area contributed by atoms with E-state index in [9.17, 15) is 19.7 Å². The van der Waals surface area contributed by atoms with Crippen LogP contribution >= 0.6 is 0 Å². The normalized spacial score (nSPS) is 13.6. The molecule has 1 heterocycles. The highest BCUT2D eigenvalue weighted by molar-refractivity contribution is 6.36. The summed E-state index contributed by atoms with van der Waals surface area (Å²) in [7, 11) is 0. The Balaban J connectivity index is 1.71. The standard InChI is InChI=1S/C26H23N3O4/c1-17-8-9-18(2)22(16-17)27-24-23(20-10-12-21(13-11-20)29(32)33)25(30)28(26(24)31)15-14-19-6-4-3-5-7-19/h3-13,16,27H,14-15H2,1-2H3. The predicted octanol–water partition coefficient (Wildman–Crippen LogP) is 4.65. The Kier molecular flexibility index (Phi) is 6.04. The Morgan fingerprint density at radius 2 is 1.61 bits per heavy atom. The second kappa shape index (κ2) is 9.08. The molecule has 166 valence electrons. The van der Waals surface area contributed by atoms with Gasteiger partial charge in [0.25, 0.3) is 17.5 Å². The summed E-state index contributed by atoms with van der Waals surface area (Å²) in [6, 6.07) is 21.1. The second-order valence-electron chi connectivity index (χ2n) is 7.99. The number of nitrogens with one attached hydrogen (secondary N) is 1. The Morgan fingerprint density at radius 3 is 2.27 bits per heavy atom. The van der Waals surface area contributed by atoms with Gasteiger partial charge in [-0.1, -0.05) is 42.5 Å². The molecule has 0 radical (unpaired) electrons. The lowest BCUT2D eigenvalue weighted by atomic mass is 10.0. The van der Waals surface area contributed by atoms with Crippen LogP contribution in [0, 0.1) is 24.0 Å². The molecule has 7 nitrogen and oxygen atoms in total. The van der Waals surface area contributed by atoms with Gasteiger partial charge >= 0.3 is 0 Å². The number of rotatable bonds is 7. The fraction of sp³-hybridized carbons (Fsp3) is 0.154. The molecular formula is C26H23N3O4. The highest BCUT2D eigenvalue weighted by atomic mass is 16.6. The Labute approximate surface area is 191 Å². The number of nitro benzene ring substituents is 1. The van der Waals surface area contributed by atoms with Gasteiger partial charge in [-0.25, -0.2) is 0 Å². The van der Waals surface area contributed by atoms with Gasteiger partial charge in [-0.2, -0.15) is 0 Å². The van der Waals surface area contributed by atoms with Crippen molar-refractivity contribution in [3.63, 3.8) is 0 Å². The van der Waals surface area contributed by atoms with Crippen molar-refractivity contribution in [2.24, 2.45) is 0 Å². The van der Waals surface area contributed by atoms with Crippen LogP contribution in [-0.4, -0.2) is 28.2 Å². The Hall–Kier alpha value is -4.26. The predicted molar refractivity (Wildman–Crippen MR) is 126 cm³/mol. The van der Waals surface area contributed by atoms with Crippen molar-refractivity contribution in [1.82, 2.24) is 4.90 Å². The highest BCUT2D eigenvalue weighted by Gasteiger charge is 2.39. The van der Waals surface area contributed by atoms with Gasteiger partial charge in [-0.15, -0.1) is 0 Å². The van der Waals surface area contributed by atoms with Crippen molar-refractivity contribution in [3.05, 3.63) is 111 Å². The van der Waals surface area contributed by atoms with Crippen molar-refractivity contribution >= 4 is 28.8 Å². The zero-order valence-corrected chi connectivity index (χ0v) is 18.4. The van der Waals surface area contributed by atoms with Crippen LogP contribution in [0.3, 0.4) is 0 Å². The first kappa shape index (κ1) is 22.0. The topological polar surface area (TPSA) is 92.6 Å². The number of amides is 2. The smallest absolute Gasteiger partial charge is 0.278 e. The van der Waals surface area contributed by atoms with E-state index in [4.69, 9.17) is 0 Å². The molecular weight excluding hydrogens is 418 g/mol. The number of benzene rings is 3. The molecule has 0 aromatic heterocycles. The number of nitro groups is 1. The van der Waals surface area contributed by atoms with Crippen LogP contribution in [0.5, 0.6) is 0 Å². The number of non-ortho nitro benzene ring substituents is 1. The first-order chi connectivity index (χ1) is 15.8. The first-order valence-electron chi connectivity index (χ1n) is 10.6. The van der Waals surface area contributed by atoms with E-state index in [0.717, 1.165) is 22.4 Å². The first-order valence-corrected chi connectivity index (χ1v) is 10.6. The molecule has 0 saturated carbocycles. The molecule has 0 saturated heterocycles. The lowest BCUT2D eigenvalue weighted by Gasteiger charge is -2.16. The van der Waals surface area contributed by atoms with E-state index >= 15 is 0 Å². The quantitative estimate of drug-likeness (QED) is 0.327. The van der Waals surface area contributed by atoms with Crippen molar-refractivity contribution in [3.8, 4) is 0 Å². The number of nitrogens with zero attached hydrogens (tertiary/aromatic N) is 2. The SMILES string of the molecule is Cc1ccc(C)c(NC2=C(c3ccc([N+](=O)[O-])cc3)C(=O)N(CCc3ccccc3)C2=O)c1. The maximum atomic E-state index is 13.4. The van der Waals surface area contributed by atoms with E-state index in [1.807, 2.05) is 62.4 Å². The summed E-state index contributed by atoms with van der Waals surface area (Å²) in [6.45, 7) is 4.10. The van der Waals surface area contributed by atoms with Gasteiger partial charge in [0.05, 0.1) is 10.5 Å². The van der Waals surface area contributed by atoms with Crippen LogP contribution in [-0.2, 0) is 16.0 Å². The number of hydrogen-bond acceptors (Lipinski definition) is 5. The summed E-state index contributed by atoms with van der Waals surface area (Å²) >= 11 is 0. The average molecular weight is 441 g/mol. The summed E-state index contributed by atoms with van der Waals surface area (Å²) in [5.41, 5.74) is 4.45. The summed E-state index contributed by atoms with van der Waals surface area (Å²) in [6.07, 6.45) is 0.530. The molecule has 0 atom stereocenters. The third-order valence-corrected chi connectivity index (χ3v) is 5.65. The third-order valence-electron chi connectivity index (χ3n) is 5.65. The molecule has 3 aromatic rings. The lowest BCUT2D eigenvalue weighted by Crippen LogP contribution is -2.34. The zero-order chi connectivity index (χ0) is 23.5. The van der Waals surface area contributed by atoms with E-state index in [0.29, 0.717) is 12.0 Å². The summed E-state index contributed by atoms with van der Waals surface area (Å²) in [5.74, 6) is -0.831. The van der Waals surface area contributed by atoms with Crippen molar-refractivity contribution in [1.29, 1.82) is 0 Å². The van der Waals surface area contributed by atoms with Gasteiger partial charge in [0.2, 0.25) is 0 Å². The highest BCUT2D eigenvalue weighted by Crippen LogP contribution is 2.32. The van der Waals surface area contributed by atoms with Gasteiger partial charge in [0.15, 0.2) is 0 Å². The molecule has 33 heavy (non-hydrogen) atoms. The molecule has 1 N–H and O–H groups in total. The second-order valence-corrected chi connectivity index (χ2v) is 7.99. The van der Waals surface area contributed by atoms with Crippen LogP contribution < -0.4 is 5.32 Å². The molecule has 0 unspecified atom stereocenters. The molecule has 0 aliphatic carbocycles. The van der Waals surface area contributed by atoms with E-state index in [1.165, 1.54) is 29.2 Å². The van der Waals surface area contributed by atoms with Gasteiger partial charge in [0.1, 0.15) is 5.70 Å². The van der Waals surface area contributed by atoms with Gasteiger partial charge in [-0.05, 0) is 60.7 Å². The van der Waals surface area contributed by atoms with Gasteiger partial charge < -0.3 is 5.32 Å². The minimum absolute atomic E-state index is 0.0823. The van der Waals surface area contributed by atoms with E-state index in [1.54, 1.807) is 0 Å². The average Bonchev–Trinajstić information content (AvgIpc) is 3.04. The molecule has 1 aliphatic heterocycles. The molecule has 1 aliphatic rings. The van der Waals surface area contributed by atoms with Gasteiger partial charge in [-0.3, -0.25) is 24.6 Å². The zero-order valence-electron chi connectivity index (χ0n) is 18.4. The third kappa shape index (κ3) is 4.52. The number of imide groups is 1. The number of anilines is 1. The van der Waals surface area contributed by atoms with E-state index in [-0.39, 0.29) is 23.5 Å². The number of aryl methyl sites for hydroxylation is 2. The van der Waals surface area contributed by atoms with Crippen LogP contribution in [0.25, 0.3) is 5.57 Å². The van der Waals surface area contributed by atoms with Crippen molar-refractivity contribution < 1.29 is 14.5 Å². The number of hydrogen-bond donors (Lipinski definition) is 1. The van der Waals surface area contributed by atoms with E-state index < -0.39 is 16.7 Å². The molecule has 0 bridgehead atoms. The van der Waals surface area contributed by atoms with Crippen LogP contribution in [0.2, 0.25) is 0 Å². The molecule has 4 rings (SSSR count).